The molecular weight excluding hydrogens is 382 g/mol. The SMILES string of the molecule is NC(=S)Nc1ccc(NC(=S)NCNC(=O)OC2CCC#CCCC2)cc1. The molecule has 27 heavy (non-hydrogen) atoms. The van der Waals surface area contributed by atoms with Crippen molar-refractivity contribution in [3.05, 3.63) is 24.3 Å². The molecule has 0 aliphatic heterocycles. The first-order valence-corrected chi connectivity index (χ1v) is 9.46. The van der Waals surface area contributed by atoms with Gasteiger partial charge in [-0.25, -0.2) is 4.79 Å². The van der Waals surface area contributed by atoms with Crippen molar-refractivity contribution in [2.24, 2.45) is 5.73 Å². The Labute approximate surface area is 169 Å². The van der Waals surface area contributed by atoms with Crippen LogP contribution in [0.25, 0.3) is 0 Å². The molecule has 6 N–H and O–H groups in total. The molecule has 1 atom stereocenters. The highest BCUT2D eigenvalue weighted by Gasteiger charge is 2.14. The lowest BCUT2D eigenvalue weighted by atomic mass is 10.0. The van der Waals surface area contributed by atoms with Crippen LogP contribution in [0.2, 0.25) is 0 Å². The van der Waals surface area contributed by atoms with Crippen molar-refractivity contribution in [1.82, 2.24) is 10.6 Å². The number of rotatable bonds is 5. The van der Waals surface area contributed by atoms with Gasteiger partial charge in [0.1, 0.15) is 6.10 Å². The Bertz CT molecular complexity index is 728. The molecule has 9 heteroatoms. The number of anilines is 2. The van der Waals surface area contributed by atoms with E-state index >= 15 is 0 Å². The quantitative estimate of drug-likeness (QED) is 0.290. The van der Waals surface area contributed by atoms with Gasteiger partial charge in [-0.05, 0) is 68.0 Å². The molecule has 1 aliphatic carbocycles. The molecule has 2 rings (SSSR count). The van der Waals surface area contributed by atoms with Gasteiger partial charge in [-0.15, -0.1) is 11.8 Å². The number of ether oxygens (including phenoxy) is 1. The Morgan fingerprint density at radius 2 is 1.74 bits per heavy atom. The number of nitrogens with one attached hydrogen (secondary N) is 4. The number of thiocarbonyl (C=S) groups is 2. The molecule has 1 aromatic carbocycles. The molecule has 0 saturated heterocycles. The summed E-state index contributed by atoms with van der Waals surface area (Å²) in [6.45, 7) is 0.165. The second kappa shape index (κ2) is 11.2. The number of benzene rings is 1. The fraction of sp³-hybridized carbons (Fsp3) is 0.389. The van der Waals surface area contributed by atoms with Crippen LogP contribution in [0.15, 0.2) is 24.3 Å². The second-order valence-electron chi connectivity index (χ2n) is 5.86. The molecule has 0 fully saturated rings. The zero-order valence-electron chi connectivity index (χ0n) is 14.8. The lowest BCUT2D eigenvalue weighted by Gasteiger charge is -2.18. The summed E-state index contributed by atoms with van der Waals surface area (Å²) < 4.78 is 5.42. The highest BCUT2D eigenvalue weighted by molar-refractivity contribution is 7.80. The van der Waals surface area contributed by atoms with Gasteiger partial charge in [0.2, 0.25) is 0 Å². The van der Waals surface area contributed by atoms with E-state index in [1.807, 2.05) is 24.3 Å². The van der Waals surface area contributed by atoms with Gasteiger partial charge in [-0.2, -0.15) is 0 Å². The molecule has 7 nitrogen and oxygen atoms in total. The highest BCUT2D eigenvalue weighted by atomic mass is 32.1. The summed E-state index contributed by atoms with van der Waals surface area (Å²) in [5.41, 5.74) is 7.00. The van der Waals surface area contributed by atoms with E-state index in [1.54, 1.807) is 0 Å². The topological polar surface area (TPSA) is 100 Å². The van der Waals surface area contributed by atoms with Crippen molar-refractivity contribution in [3.8, 4) is 11.8 Å². The third kappa shape index (κ3) is 8.57. The average Bonchev–Trinajstić information content (AvgIpc) is 2.58. The smallest absolute Gasteiger partial charge is 0.408 e. The minimum Gasteiger partial charge on any atom is -0.446 e. The van der Waals surface area contributed by atoms with Crippen LogP contribution < -0.4 is 27.0 Å². The molecule has 0 spiro atoms. The van der Waals surface area contributed by atoms with Gasteiger partial charge in [-0.3, -0.25) is 0 Å². The van der Waals surface area contributed by atoms with Crippen molar-refractivity contribution in [2.45, 2.75) is 38.2 Å². The second-order valence-corrected chi connectivity index (χ2v) is 6.71. The van der Waals surface area contributed by atoms with E-state index in [4.69, 9.17) is 34.9 Å². The third-order valence-electron chi connectivity index (χ3n) is 3.71. The summed E-state index contributed by atoms with van der Waals surface area (Å²) in [6, 6.07) is 7.29. The molecule has 1 unspecified atom stereocenters. The standard InChI is InChI=1S/C18H23N5O2S2/c19-16(26)22-13-8-10-14(11-9-13)23-17(27)20-12-21-18(24)25-15-6-4-2-1-3-5-7-15/h8-11,15H,2,4-7,12H2,(H,21,24)(H3,19,22,26)(H2,20,23,27). The van der Waals surface area contributed by atoms with E-state index in [1.165, 1.54) is 0 Å². The lowest BCUT2D eigenvalue weighted by molar-refractivity contribution is 0.0869. The molecule has 0 saturated carbocycles. The number of carbonyl (C=O) groups is 1. The Hall–Kier alpha value is -2.57. The van der Waals surface area contributed by atoms with E-state index in [9.17, 15) is 4.79 Å². The minimum absolute atomic E-state index is 0.0850. The summed E-state index contributed by atoms with van der Waals surface area (Å²) in [4.78, 5) is 11.9. The van der Waals surface area contributed by atoms with E-state index in [2.05, 4.69) is 33.1 Å². The van der Waals surface area contributed by atoms with Gasteiger partial charge in [-0.1, -0.05) is 0 Å². The first-order valence-electron chi connectivity index (χ1n) is 8.64. The first kappa shape index (κ1) is 20.7. The number of hydrogen-bond donors (Lipinski definition) is 5. The summed E-state index contributed by atoms with van der Waals surface area (Å²) in [6.07, 6.45) is 3.63. The Kier molecular flexibility index (Phi) is 8.61. The molecule has 1 amide bonds. The average molecular weight is 406 g/mol. The molecule has 1 aromatic rings. The Balaban J connectivity index is 1.65. The third-order valence-corrected chi connectivity index (χ3v) is 4.06. The zero-order valence-corrected chi connectivity index (χ0v) is 16.5. The van der Waals surface area contributed by atoms with E-state index in [0.29, 0.717) is 5.11 Å². The van der Waals surface area contributed by atoms with Gasteiger partial charge in [0.25, 0.3) is 0 Å². The van der Waals surface area contributed by atoms with Crippen LogP contribution in [0.3, 0.4) is 0 Å². The summed E-state index contributed by atoms with van der Waals surface area (Å²) in [5.74, 6) is 6.16. The van der Waals surface area contributed by atoms with Crippen molar-refractivity contribution < 1.29 is 9.53 Å². The van der Waals surface area contributed by atoms with Gasteiger partial charge in [0.05, 0.1) is 6.67 Å². The van der Waals surface area contributed by atoms with Crippen LogP contribution in [-0.4, -0.2) is 29.1 Å². The summed E-state index contributed by atoms with van der Waals surface area (Å²) in [7, 11) is 0. The molecule has 0 radical (unpaired) electrons. The number of alkyl carbamates (subject to hydrolysis) is 1. The molecular formula is C18H23N5O2S2. The summed E-state index contributed by atoms with van der Waals surface area (Å²) in [5, 5.41) is 12.0. The van der Waals surface area contributed by atoms with Crippen molar-refractivity contribution in [3.63, 3.8) is 0 Å². The van der Waals surface area contributed by atoms with Gasteiger partial charge in [0.15, 0.2) is 10.2 Å². The number of nitrogens with two attached hydrogens (primary N) is 1. The van der Waals surface area contributed by atoms with E-state index in [-0.39, 0.29) is 17.9 Å². The fourth-order valence-electron chi connectivity index (χ4n) is 2.43. The maximum Gasteiger partial charge on any atom is 0.408 e. The van der Waals surface area contributed by atoms with Crippen LogP contribution >= 0.6 is 24.4 Å². The first-order chi connectivity index (χ1) is 13.0. The van der Waals surface area contributed by atoms with Gasteiger partial charge in [0, 0.05) is 24.2 Å². The van der Waals surface area contributed by atoms with Crippen LogP contribution in [-0.2, 0) is 4.74 Å². The highest BCUT2D eigenvalue weighted by Crippen LogP contribution is 2.14. The van der Waals surface area contributed by atoms with Crippen LogP contribution in [0.1, 0.15) is 32.1 Å². The number of amides is 1. The van der Waals surface area contributed by atoms with Gasteiger partial charge >= 0.3 is 6.09 Å². The predicted octanol–water partition coefficient (Wildman–Crippen LogP) is 2.65. The normalized spacial score (nSPS) is 15.8. The van der Waals surface area contributed by atoms with Crippen LogP contribution in [0, 0.1) is 11.8 Å². The lowest BCUT2D eigenvalue weighted by Crippen LogP contribution is -2.40. The monoisotopic (exact) mass is 405 g/mol. The zero-order chi connectivity index (χ0) is 19.5. The molecule has 0 heterocycles. The molecule has 0 bridgehead atoms. The Morgan fingerprint density at radius 3 is 2.44 bits per heavy atom. The predicted molar refractivity (Wildman–Crippen MR) is 115 cm³/mol. The number of hydrogen-bond acceptors (Lipinski definition) is 4. The van der Waals surface area contributed by atoms with Crippen LogP contribution in [0.5, 0.6) is 0 Å². The number of carbonyl (C=O) groups excluding carboxylic acids is 1. The minimum atomic E-state index is -0.461. The van der Waals surface area contributed by atoms with Gasteiger partial charge < -0.3 is 31.7 Å². The van der Waals surface area contributed by atoms with Crippen LogP contribution in [0.4, 0.5) is 16.2 Å². The Morgan fingerprint density at radius 1 is 1.07 bits per heavy atom. The maximum absolute atomic E-state index is 11.9. The van der Waals surface area contributed by atoms with Crippen molar-refractivity contribution in [1.29, 1.82) is 0 Å². The van der Waals surface area contributed by atoms with E-state index < -0.39 is 6.09 Å². The molecule has 144 valence electrons. The fourth-order valence-corrected chi connectivity index (χ4v) is 2.74. The van der Waals surface area contributed by atoms with Crippen molar-refractivity contribution in [2.75, 3.05) is 17.3 Å². The van der Waals surface area contributed by atoms with Crippen molar-refractivity contribution >= 4 is 52.1 Å². The largest absolute Gasteiger partial charge is 0.446 e. The van der Waals surface area contributed by atoms with E-state index in [0.717, 1.165) is 43.5 Å². The molecule has 1 aliphatic rings. The molecule has 0 aromatic heterocycles. The summed E-state index contributed by atoms with van der Waals surface area (Å²) >= 11 is 9.98. The maximum atomic E-state index is 11.9.